The van der Waals surface area contributed by atoms with Crippen LogP contribution in [0, 0.1) is 6.92 Å². The summed E-state index contributed by atoms with van der Waals surface area (Å²) in [4.78, 5) is 11.9. The summed E-state index contributed by atoms with van der Waals surface area (Å²) < 4.78 is 14.8. The van der Waals surface area contributed by atoms with Gasteiger partial charge in [-0.15, -0.1) is 0 Å². The monoisotopic (exact) mass is 289 g/mol. The number of aryl methyl sites for hydroxylation is 1. The highest BCUT2D eigenvalue weighted by atomic mass is 16.5. The van der Waals surface area contributed by atoms with E-state index in [9.17, 15) is 9.90 Å². The second-order valence-corrected chi connectivity index (χ2v) is 4.31. The Hall–Kier alpha value is -2.76. The molecule has 1 aromatic carbocycles. The maximum absolute atomic E-state index is 11.9. The SMILES string of the molecule is COC(=O)/C(=C\c1ccc(OC)cc1O)c1cc(C)no1. The van der Waals surface area contributed by atoms with Crippen molar-refractivity contribution in [2.75, 3.05) is 14.2 Å². The molecule has 0 aliphatic heterocycles. The number of hydrogen-bond donors (Lipinski definition) is 1. The first-order valence-electron chi connectivity index (χ1n) is 6.16. The van der Waals surface area contributed by atoms with Gasteiger partial charge in [-0.1, -0.05) is 5.16 Å². The van der Waals surface area contributed by atoms with E-state index in [0.717, 1.165) is 0 Å². The second-order valence-electron chi connectivity index (χ2n) is 4.31. The molecule has 0 bridgehead atoms. The quantitative estimate of drug-likeness (QED) is 0.687. The molecule has 0 atom stereocenters. The van der Waals surface area contributed by atoms with E-state index in [1.807, 2.05) is 0 Å². The van der Waals surface area contributed by atoms with Crippen molar-refractivity contribution in [3.05, 3.63) is 41.3 Å². The van der Waals surface area contributed by atoms with E-state index in [4.69, 9.17) is 14.0 Å². The predicted octanol–water partition coefficient (Wildman–Crippen LogP) is 2.41. The number of nitrogens with zero attached hydrogens (tertiary/aromatic N) is 1. The van der Waals surface area contributed by atoms with Gasteiger partial charge in [-0.05, 0) is 25.1 Å². The number of methoxy groups -OCH3 is 2. The van der Waals surface area contributed by atoms with Crippen molar-refractivity contribution < 1.29 is 23.9 Å². The van der Waals surface area contributed by atoms with Crippen LogP contribution in [0.5, 0.6) is 11.5 Å². The van der Waals surface area contributed by atoms with E-state index in [-0.39, 0.29) is 17.1 Å². The Morgan fingerprint density at radius 3 is 2.62 bits per heavy atom. The summed E-state index contributed by atoms with van der Waals surface area (Å²) in [5.41, 5.74) is 1.24. The number of hydrogen-bond acceptors (Lipinski definition) is 6. The van der Waals surface area contributed by atoms with Crippen molar-refractivity contribution in [1.29, 1.82) is 0 Å². The highest BCUT2D eigenvalue weighted by molar-refractivity contribution is 6.20. The van der Waals surface area contributed by atoms with Crippen molar-refractivity contribution in [3.63, 3.8) is 0 Å². The average Bonchev–Trinajstić information content (AvgIpc) is 2.91. The Kier molecular flexibility index (Phi) is 4.27. The molecule has 0 saturated heterocycles. The molecule has 0 fully saturated rings. The van der Waals surface area contributed by atoms with Crippen LogP contribution in [-0.4, -0.2) is 30.5 Å². The second kappa shape index (κ2) is 6.13. The molecular formula is C15H15NO5. The van der Waals surface area contributed by atoms with Gasteiger partial charge in [0.05, 0.1) is 19.9 Å². The van der Waals surface area contributed by atoms with Crippen molar-refractivity contribution in [3.8, 4) is 11.5 Å². The molecule has 0 saturated carbocycles. The third-order valence-electron chi connectivity index (χ3n) is 2.84. The van der Waals surface area contributed by atoms with Crippen LogP contribution in [0.25, 0.3) is 11.6 Å². The minimum Gasteiger partial charge on any atom is -0.507 e. The molecule has 0 spiro atoms. The smallest absolute Gasteiger partial charge is 0.341 e. The molecule has 1 aromatic heterocycles. The lowest BCUT2D eigenvalue weighted by atomic mass is 10.1. The summed E-state index contributed by atoms with van der Waals surface area (Å²) in [6, 6.07) is 6.36. The molecule has 0 unspecified atom stereocenters. The van der Waals surface area contributed by atoms with Crippen molar-refractivity contribution in [2.45, 2.75) is 6.92 Å². The van der Waals surface area contributed by atoms with Crippen LogP contribution in [-0.2, 0) is 9.53 Å². The number of carbonyl (C=O) groups excluding carboxylic acids is 1. The summed E-state index contributed by atoms with van der Waals surface area (Å²) in [7, 11) is 2.77. The van der Waals surface area contributed by atoms with Gasteiger partial charge in [-0.2, -0.15) is 0 Å². The maximum Gasteiger partial charge on any atom is 0.341 e. The third kappa shape index (κ3) is 3.22. The maximum atomic E-state index is 11.9. The fourth-order valence-corrected chi connectivity index (χ4v) is 1.76. The van der Waals surface area contributed by atoms with Gasteiger partial charge in [-0.3, -0.25) is 0 Å². The molecule has 6 nitrogen and oxygen atoms in total. The van der Waals surface area contributed by atoms with Crippen LogP contribution in [0.1, 0.15) is 17.0 Å². The van der Waals surface area contributed by atoms with Crippen LogP contribution in [0.4, 0.5) is 0 Å². The van der Waals surface area contributed by atoms with Crippen LogP contribution < -0.4 is 4.74 Å². The van der Waals surface area contributed by atoms with E-state index >= 15 is 0 Å². The molecule has 0 amide bonds. The summed E-state index contributed by atoms with van der Waals surface area (Å²) >= 11 is 0. The molecule has 110 valence electrons. The van der Waals surface area contributed by atoms with E-state index in [0.29, 0.717) is 17.0 Å². The Bertz CT molecular complexity index is 687. The molecule has 0 aliphatic rings. The lowest BCUT2D eigenvalue weighted by Gasteiger charge is -2.05. The van der Waals surface area contributed by atoms with Gasteiger partial charge in [0, 0.05) is 17.7 Å². The number of esters is 1. The number of benzene rings is 1. The van der Waals surface area contributed by atoms with Gasteiger partial charge in [0.25, 0.3) is 0 Å². The lowest BCUT2D eigenvalue weighted by Crippen LogP contribution is -2.03. The lowest BCUT2D eigenvalue weighted by molar-refractivity contribution is -0.133. The Labute approximate surface area is 121 Å². The van der Waals surface area contributed by atoms with Crippen LogP contribution in [0.3, 0.4) is 0 Å². The molecular weight excluding hydrogens is 274 g/mol. The number of phenolic OH excluding ortho intramolecular Hbond substituents is 1. The van der Waals surface area contributed by atoms with Gasteiger partial charge in [0.15, 0.2) is 5.76 Å². The highest BCUT2D eigenvalue weighted by Gasteiger charge is 2.18. The molecule has 1 heterocycles. The van der Waals surface area contributed by atoms with Crippen LogP contribution in [0.15, 0.2) is 28.8 Å². The molecule has 6 heteroatoms. The number of carbonyl (C=O) groups is 1. The first kappa shape index (κ1) is 14.6. The standard InChI is InChI=1S/C15H15NO5/c1-9-6-14(21-16-9)12(15(18)20-3)7-10-4-5-11(19-2)8-13(10)17/h4-8,17H,1-3H3/b12-7-. The predicted molar refractivity (Wildman–Crippen MR) is 75.8 cm³/mol. The number of rotatable bonds is 4. The minimum absolute atomic E-state index is 0.0213. The number of aromatic nitrogens is 1. The molecule has 0 aliphatic carbocycles. The molecule has 2 aromatic rings. The van der Waals surface area contributed by atoms with Crippen LogP contribution in [0.2, 0.25) is 0 Å². The minimum atomic E-state index is -0.582. The summed E-state index contributed by atoms with van der Waals surface area (Å²) in [6.07, 6.45) is 1.47. The van der Waals surface area contributed by atoms with E-state index in [1.54, 1.807) is 25.1 Å². The van der Waals surface area contributed by atoms with Crippen LogP contribution >= 0.6 is 0 Å². The number of ether oxygens (including phenoxy) is 2. The Balaban J connectivity index is 2.48. The van der Waals surface area contributed by atoms with E-state index in [2.05, 4.69) is 5.16 Å². The van der Waals surface area contributed by atoms with E-state index in [1.165, 1.54) is 26.4 Å². The third-order valence-corrected chi connectivity index (χ3v) is 2.84. The van der Waals surface area contributed by atoms with Gasteiger partial charge in [0.1, 0.15) is 17.1 Å². The average molecular weight is 289 g/mol. The first-order chi connectivity index (χ1) is 10.0. The fraction of sp³-hybridized carbons (Fsp3) is 0.200. The van der Waals surface area contributed by atoms with Gasteiger partial charge < -0.3 is 19.1 Å². The summed E-state index contributed by atoms with van der Waals surface area (Å²) in [5, 5.41) is 13.7. The Morgan fingerprint density at radius 1 is 1.33 bits per heavy atom. The van der Waals surface area contributed by atoms with Crippen molar-refractivity contribution in [2.24, 2.45) is 0 Å². The summed E-state index contributed by atoms with van der Waals surface area (Å²) in [6.45, 7) is 1.74. The van der Waals surface area contributed by atoms with Gasteiger partial charge in [-0.25, -0.2) is 4.79 Å². The topological polar surface area (TPSA) is 81.8 Å². The molecule has 1 N–H and O–H groups in total. The zero-order valence-electron chi connectivity index (χ0n) is 11.9. The fourth-order valence-electron chi connectivity index (χ4n) is 1.76. The zero-order chi connectivity index (χ0) is 15.4. The number of aromatic hydroxyl groups is 1. The van der Waals surface area contributed by atoms with E-state index < -0.39 is 5.97 Å². The highest BCUT2D eigenvalue weighted by Crippen LogP contribution is 2.28. The summed E-state index contributed by atoms with van der Waals surface area (Å²) in [5.74, 6) is 0.183. The zero-order valence-corrected chi connectivity index (χ0v) is 11.9. The first-order valence-corrected chi connectivity index (χ1v) is 6.16. The molecule has 2 rings (SSSR count). The largest absolute Gasteiger partial charge is 0.507 e. The van der Waals surface area contributed by atoms with Gasteiger partial charge in [0.2, 0.25) is 0 Å². The molecule has 21 heavy (non-hydrogen) atoms. The van der Waals surface area contributed by atoms with Gasteiger partial charge >= 0.3 is 5.97 Å². The number of phenols is 1. The van der Waals surface area contributed by atoms with Crippen molar-refractivity contribution >= 4 is 17.6 Å². The Morgan fingerprint density at radius 2 is 2.10 bits per heavy atom. The van der Waals surface area contributed by atoms with Crippen molar-refractivity contribution in [1.82, 2.24) is 5.16 Å². The normalized spacial score (nSPS) is 11.3. The molecule has 0 radical (unpaired) electrons.